The Morgan fingerprint density at radius 2 is 2.30 bits per heavy atom. The summed E-state index contributed by atoms with van der Waals surface area (Å²) in [5.41, 5.74) is -0.882. The zero-order valence-electron chi connectivity index (χ0n) is 10.7. The first-order valence-electron chi connectivity index (χ1n) is 6.38. The van der Waals surface area contributed by atoms with Crippen LogP contribution in [0.1, 0.15) is 17.0 Å². The van der Waals surface area contributed by atoms with E-state index in [4.69, 9.17) is 9.15 Å². The molecule has 0 unspecified atom stereocenters. The predicted molar refractivity (Wildman–Crippen MR) is 71.3 cm³/mol. The van der Waals surface area contributed by atoms with Crippen LogP contribution in [0.25, 0.3) is 0 Å². The van der Waals surface area contributed by atoms with E-state index in [0.717, 1.165) is 0 Å². The van der Waals surface area contributed by atoms with Gasteiger partial charge < -0.3 is 19.2 Å². The van der Waals surface area contributed by atoms with Crippen molar-refractivity contribution in [2.24, 2.45) is 11.3 Å². The zero-order chi connectivity index (χ0) is 14.3. The van der Waals surface area contributed by atoms with Gasteiger partial charge in [-0.3, -0.25) is 9.59 Å². The highest BCUT2D eigenvalue weighted by atomic mass is 79.9. The van der Waals surface area contributed by atoms with Crippen LogP contribution in [-0.2, 0) is 9.53 Å². The standard InChI is InChI=1S/C13H14BrNO5/c14-9-1-3-20-10(9)11(16)15-5-8-6-19-4-2-13(8,7-15)12(17)18/h1,3,8H,2,4-7H2,(H,17,18)/t8-,13+/m0/s1. The molecular weight excluding hydrogens is 330 g/mol. The van der Waals surface area contributed by atoms with Crippen LogP contribution in [0.3, 0.4) is 0 Å². The van der Waals surface area contributed by atoms with Crippen molar-refractivity contribution >= 4 is 27.8 Å². The summed E-state index contributed by atoms with van der Waals surface area (Å²) in [7, 11) is 0. The van der Waals surface area contributed by atoms with Crippen molar-refractivity contribution < 1.29 is 23.8 Å². The van der Waals surface area contributed by atoms with Gasteiger partial charge in [0.2, 0.25) is 5.76 Å². The van der Waals surface area contributed by atoms with Gasteiger partial charge in [0.25, 0.3) is 5.91 Å². The van der Waals surface area contributed by atoms with Crippen molar-refractivity contribution in [1.29, 1.82) is 0 Å². The number of aliphatic carboxylic acids is 1. The van der Waals surface area contributed by atoms with E-state index in [9.17, 15) is 14.7 Å². The fraction of sp³-hybridized carbons (Fsp3) is 0.538. The molecule has 2 aliphatic heterocycles. The number of carbonyl (C=O) groups excluding carboxylic acids is 1. The average Bonchev–Trinajstić information content (AvgIpc) is 3.01. The van der Waals surface area contributed by atoms with Crippen molar-refractivity contribution in [1.82, 2.24) is 4.90 Å². The molecule has 1 aromatic rings. The van der Waals surface area contributed by atoms with Gasteiger partial charge in [-0.2, -0.15) is 0 Å². The Balaban J connectivity index is 1.86. The van der Waals surface area contributed by atoms with Gasteiger partial charge in [-0.1, -0.05) is 0 Å². The van der Waals surface area contributed by atoms with Crippen molar-refractivity contribution in [3.05, 3.63) is 22.6 Å². The number of ether oxygens (including phenoxy) is 1. The van der Waals surface area contributed by atoms with Gasteiger partial charge in [0, 0.05) is 25.6 Å². The molecule has 7 heteroatoms. The molecule has 0 aliphatic carbocycles. The maximum atomic E-state index is 12.4. The van der Waals surface area contributed by atoms with Gasteiger partial charge >= 0.3 is 5.97 Å². The zero-order valence-corrected chi connectivity index (χ0v) is 12.3. The second-order valence-electron chi connectivity index (χ2n) is 5.27. The van der Waals surface area contributed by atoms with E-state index in [2.05, 4.69) is 15.9 Å². The first kappa shape index (κ1) is 13.6. The minimum atomic E-state index is -0.882. The average molecular weight is 344 g/mol. The van der Waals surface area contributed by atoms with E-state index < -0.39 is 11.4 Å². The van der Waals surface area contributed by atoms with Crippen LogP contribution in [-0.4, -0.2) is 48.2 Å². The topological polar surface area (TPSA) is 80.0 Å². The number of carboxylic acids is 1. The normalized spacial score (nSPS) is 29.2. The fourth-order valence-corrected chi connectivity index (χ4v) is 3.42. The van der Waals surface area contributed by atoms with Gasteiger partial charge in [-0.25, -0.2) is 0 Å². The molecular formula is C13H14BrNO5. The molecule has 1 aromatic heterocycles. The van der Waals surface area contributed by atoms with Gasteiger partial charge in [-0.15, -0.1) is 0 Å². The number of fused-ring (bicyclic) bond motifs is 1. The number of furan rings is 1. The lowest BCUT2D eigenvalue weighted by Gasteiger charge is -2.33. The van der Waals surface area contributed by atoms with Crippen LogP contribution in [0.2, 0.25) is 0 Å². The maximum Gasteiger partial charge on any atom is 0.311 e. The molecule has 3 heterocycles. The second-order valence-corrected chi connectivity index (χ2v) is 6.12. The van der Waals surface area contributed by atoms with Gasteiger partial charge in [0.15, 0.2) is 0 Å². The van der Waals surface area contributed by atoms with E-state index in [1.807, 2.05) is 0 Å². The number of amides is 1. The van der Waals surface area contributed by atoms with Crippen LogP contribution in [0.4, 0.5) is 0 Å². The highest BCUT2D eigenvalue weighted by Gasteiger charge is 2.55. The Kier molecular flexibility index (Phi) is 3.33. The Morgan fingerprint density at radius 1 is 1.50 bits per heavy atom. The highest BCUT2D eigenvalue weighted by molar-refractivity contribution is 9.10. The number of rotatable bonds is 2. The van der Waals surface area contributed by atoms with Crippen LogP contribution in [0, 0.1) is 11.3 Å². The molecule has 0 saturated carbocycles. The number of halogens is 1. The predicted octanol–water partition coefficient (Wildman–Crippen LogP) is 1.61. The first-order chi connectivity index (χ1) is 9.54. The second kappa shape index (κ2) is 4.89. The van der Waals surface area contributed by atoms with Crippen molar-refractivity contribution in [2.45, 2.75) is 6.42 Å². The summed E-state index contributed by atoms with van der Waals surface area (Å²) in [5, 5.41) is 9.56. The van der Waals surface area contributed by atoms with E-state index in [0.29, 0.717) is 30.7 Å². The summed E-state index contributed by atoms with van der Waals surface area (Å²) in [5.74, 6) is -1.08. The molecule has 2 fully saturated rings. The van der Waals surface area contributed by atoms with Crippen LogP contribution in [0.15, 0.2) is 21.2 Å². The molecule has 6 nitrogen and oxygen atoms in total. The number of carboxylic acid groups (broad SMARTS) is 1. The molecule has 0 radical (unpaired) electrons. The maximum absolute atomic E-state index is 12.4. The van der Waals surface area contributed by atoms with Gasteiger partial charge in [-0.05, 0) is 28.4 Å². The molecule has 0 bridgehead atoms. The summed E-state index contributed by atoms with van der Waals surface area (Å²) in [6, 6.07) is 1.65. The largest absolute Gasteiger partial charge is 0.481 e. The first-order valence-corrected chi connectivity index (χ1v) is 7.17. The number of nitrogens with zero attached hydrogens (tertiary/aromatic N) is 1. The quantitative estimate of drug-likeness (QED) is 0.882. The molecule has 1 N–H and O–H groups in total. The molecule has 3 rings (SSSR count). The summed E-state index contributed by atoms with van der Waals surface area (Å²) in [6.07, 6.45) is 1.87. The monoisotopic (exact) mass is 343 g/mol. The van der Waals surface area contributed by atoms with Crippen molar-refractivity contribution in [2.75, 3.05) is 26.3 Å². The Morgan fingerprint density at radius 3 is 2.90 bits per heavy atom. The molecule has 0 spiro atoms. The molecule has 2 atom stereocenters. The van der Waals surface area contributed by atoms with Crippen LogP contribution in [0.5, 0.6) is 0 Å². The minimum Gasteiger partial charge on any atom is -0.481 e. The summed E-state index contributed by atoms with van der Waals surface area (Å²) in [6.45, 7) is 1.41. The van der Waals surface area contributed by atoms with Crippen LogP contribution >= 0.6 is 15.9 Å². The smallest absolute Gasteiger partial charge is 0.311 e. The Bertz CT molecular complexity index is 557. The van der Waals surface area contributed by atoms with E-state index in [1.165, 1.54) is 6.26 Å². The molecule has 1 amide bonds. The third-order valence-electron chi connectivity index (χ3n) is 4.23. The minimum absolute atomic E-state index is 0.161. The summed E-state index contributed by atoms with van der Waals surface area (Å²) >= 11 is 3.25. The lowest BCUT2D eigenvalue weighted by Crippen LogP contribution is -2.45. The number of carbonyl (C=O) groups is 2. The summed E-state index contributed by atoms with van der Waals surface area (Å²) in [4.78, 5) is 25.6. The van der Waals surface area contributed by atoms with Gasteiger partial charge in [0.1, 0.15) is 0 Å². The highest BCUT2D eigenvalue weighted by Crippen LogP contribution is 2.43. The molecule has 0 aromatic carbocycles. The van der Waals surface area contributed by atoms with E-state index in [-0.39, 0.29) is 24.1 Å². The lowest BCUT2D eigenvalue weighted by atomic mass is 9.74. The Labute approximate surface area is 123 Å². The Hall–Kier alpha value is -1.34. The molecule has 108 valence electrons. The van der Waals surface area contributed by atoms with Gasteiger partial charge in [0.05, 0.1) is 22.8 Å². The molecule has 2 aliphatic rings. The van der Waals surface area contributed by atoms with E-state index in [1.54, 1.807) is 11.0 Å². The fourth-order valence-electron chi connectivity index (χ4n) is 3.04. The number of hydrogen-bond acceptors (Lipinski definition) is 4. The molecule has 2 saturated heterocycles. The number of likely N-dealkylation sites (tertiary alicyclic amines) is 1. The third kappa shape index (κ3) is 1.96. The van der Waals surface area contributed by atoms with Crippen molar-refractivity contribution in [3.8, 4) is 0 Å². The van der Waals surface area contributed by atoms with E-state index >= 15 is 0 Å². The SMILES string of the molecule is O=C(c1occc1Br)N1C[C@H]2COCC[C@@]2(C(=O)O)C1. The van der Waals surface area contributed by atoms with Crippen LogP contribution < -0.4 is 0 Å². The lowest BCUT2D eigenvalue weighted by molar-refractivity contribution is -0.157. The number of hydrogen-bond donors (Lipinski definition) is 1. The third-order valence-corrected chi connectivity index (χ3v) is 4.86. The molecule has 20 heavy (non-hydrogen) atoms. The van der Waals surface area contributed by atoms with Crippen molar-refractivity contribution in [3.63, 3.8) is 0 Å². The summed E-state index contributed by atoms with van der Waals surface area (Å²) < 4.78 is 11.1.